The molecule has 3 heteroatoms. The minimum atomic E-state index is 0.0517. The van der Waals surface area contributed by atoms with Crippen LogP contribution in [0.2, 0.25) is 5.02 Å². The maximum absolute atomic E-state index is 9.46. The molecule has 0 fully saturated rings. The van der Waals surface area contributed by atoms with Gasteiger partial charge in [0, 0.05) is 11.1 Å². The van der Waals surface area contributed by atoms with Gasteiger partial charge in [-0.2, -0.15) is 0 Å². The highest BCUT2D eigenvalue weighted by Crippen LogP contribution is 2.35. The van der Waals surface area contributed by atoms with Gasteiger partial charge in [-0.1, -0.05) is 54.1 Å². The number of hydrogen-bond acceptors (Lipinski definition) is 2. The minimum Gasteiger partial charge on any atom is -0.395 e. The van der Waals surface area contributed by atoms with Crippen molar-refractivity contribution in [3.8, 4) is 0 Å². The second-order valence-electron chi connectivity index (χ2n) is 4.91. The van der Waals surface area contributed by atoms with Crippen LogP contribution >= 0.6 is 11.6 Å². The van der Waals surface area contributed by atoms with Crippen molar-refractivity contribution in [1.82, 2.24) is 5.32 Å². The molecule has 1 heterocycles. The molecule has 2 N–H and O–H groups in total. The number of benzene rings is 2. The Morgan fingerprint density at radius 2 is 1.89 bits per heavy atom. The van der Waals surface area contributed by atoms with Gasteiger partial charge in [0.1, 0.15) is 0 Å². The summed E-state index contributed by atoms with van der Waals surface area (Å²) in [4.78, 5) is 0. The molecule has 0 spiro atoms. The van der Waals surface area contributed by atoms with Crippen LogP contribution in [0.4, 0.5) is 0 Å². The van der Waals surface area contributed by atoms with E-state index in [1.807, 2.05) is 30.3 Å². The highest BCUT2D eigenvalue weighted by atomic mass is 35.5. The number of hydrogen-bond donors (Lipinski definition) is 2. The van der Waals surface area contributed by atoms with Gasteiger partial charge in [-0.15, -0.1) is 0 Å². The highest BCUT2D eigenvalue weighted by molar-refractivity contribution is 6.31. The molecular weight excluding hydrogens is 258 g/mol. The van der Waals surface area contributed by atoms with Crippen molar-refractivity contribution >= 4 is 11.6 Å². The topological polar surface area (TPSA) is 32.3 Å². The molecule has 0 unspecified atom stereocenters. The molecule has 0 aromatic heterocycles. The summed E-state index contributed by atoms with van der Waals surface area (Å²) in [6, 6.07) is 16.4. The van der Waals surface area contributed by atoms with E-state index in [-0.39, 0.29) is 18.7 Å². The van der Waals surface area contributed by atoms with Crippen molar-refractivity contribution in [3.05, 3.63) is 70.2 Å². The SMILES string of the molecule is OC[C@@H]1Cc2cccc(Cl)c2[C@H](c2ccccc2)N1. The number of halogens is 1. The third kappa shape index (κ3) is 2.39. The van der Waals surface area contributed by atoms with E-state index in [0.717, 1.165) is 17.0 Å². The fourth-order valence-corrected chi connectivity index (χ4v) is 3.06. The molecule has 0 saturated carbocycles. The lowest BCUT2D eigenvalue weighted by atomic mass is 9.87. The number of fused-ring (bicyclic) bond motifs is 1. The van der Waals surface area contributed by atoms with Gasteiger partial charge in [0.25, 0.3) is 0 Å². The molecule has 0 bridgehead atoms. The first kappa shape index (κ1) is 12.7. The van der Waals surface area contributed by atoms with Crippen LogP contribution < -0.4 is 5.32 Å². The maximum Gasteiger partial charge on any atom is 0.0597 e. The molecule has 2 aromatic carbocycles. The average Bonchev–Trinajstić information content (AvgIpc) is 2.47. The Morgan fingerprint density at radius 1 is 1.11 bits per heavy atom. The van der Waals surface area contributed by atoms with Crippen molar-refractivity contribution in [3.63, 3.8) is 0 Å². The fourth-order valence-electron chi connectivity index (χ4n) is 2.75. The number of aliphatic hydroxyl groups is 1. The first-order valence-electron chi connectivity index (χ1n) is 6.48. The molecule has 0 radical (unpaired) electrons. The van der Waals surface area contributed by atoms with Gasteiger partial charge in [-0.05, 0) is 29.2 Å². The predicted octanol–water partition coefficient (Wildman–Crippen LogP) is 2.94. The summed E-state index contributed by atoms with van der Waals surface area (Å²) in [6.45, 7) is 0.134. The molecule has 1 aliphatic heterocycles. The summed E-state index contributed by atoms with van der Waals surface area (Å²) in [5, 5.41) is 13.7. The van der Waals surface area contributed by atoms with Crippen molar-refractivity contribution in [2.75, 3.05) is 6.61 Å². The minimum absolute atomic E-state index is 0.0517. The smallest absolute Gasteiger partial charge is 0.0597 e. The van der Waals surface area contributed by atoms with E-state index in [4.69, 9.17) is 11.6 Å². The summed E-state index contributed by atoms with van der Waals surface area (Å²) in [7, 11) is 0. The molecular formula is C16H16ClNO. The molecule has 2 atom stereocenters. The summed E-state index contributed by atoms with van der Waals surface area (Å²) >= 11 is 6.38. The molecule has 3 rings (SSSR count). The Hall–Kier alpha value is -1.35. The molecule has 1 aliphatic rings. The quantitative estimate of drug-likeness (QED) is 0.882. The summed E-state index contributed by atoms with van der Waals surface area (Å²) in [5.74, 6) is 0. The van der Waals surface area contributed by atoms with Crippen LogP contribution in [-0.2, 0) is 6.42 Å². The lowest BCUT2D eigenvalue weighted by Gasteiger charge is -2.33. The third-order valence-electron chi connectivity index (χ3n) is 3.65. The standard InChI is InChI=1S/C16H16ClNO/c17-14-8-4-7-12-9-13(10-19)18-16(15(12)14)11-5-2-1-3-6-11/h1-8,13,16,18-19H,9-10H2/t13-,16-/m0/s1. The number of aliphatic hydroxyl groups excluding tert-OH is 1. The zero-order valence-electron chi connectivity index (χ0n) is 10.5. The van der Waals surface area contributed by atoms with Gasteiger partial charge in [0.2, 0.25) is 0 Å². The Morgan fingerprint density at radius 3 is 2.63 bits per heavy atom. The highest BCUT2D eigenvalue weighted by Gasteiger charge is 2.28. The molecule has 19 heavy (non-hydrogen) atoms. The largest absolute Gasteiger partial charge is 0.395 e. The summed E-state index contributed by atoms with van der Waals surface area (Å²) in [5.41, 5.74) is 3.54. The van der Waals surface area contributed by atoms with E-state index in [1.54, 1.807) is 0 Å². The van der Waals surface area contributed by atoms with E-state index in [1.165, 1.54) is 11.1 Å². The second-order valence-corrected chi connectivity index (χ2v) is 5.31. The number of rotatable bonds is 2. The lowest BCUT2D eigenvalue weighted by Crippen LogP contribution is -2.42. The van der Waals surface area contributed by atoms with Gasteiger partial charge in [-0.3, -0.25) is 0 Å². The van der Waals surface area contributed by atoms with Gasteiger partial charge in [0.05, 0.1) is 12.6 Å². The Kier molecular flexibility index (Phi) is 3.56. The van der Waals surface area contributed by atoms with Crippen molar-refractivity contribution in [2.24, 2.45) is 0 Å². The Bertz CT molecular complexity index is 570. The van der Waals surface area contributed by atoms with Crippen molar-refractivity contribution < 1.29 is 5.11 Å². The first-order chi connectivity index (χ1) is 9.29. The van der Waals surface area contributed by atoms with Crippen LogP contribution in [0.1, 0.15) is 22.7 Å². The van der Waals surface area contributed by atoms with E-state index < -0.39 is 0 Å². The van der Waals surface area contributed by atoms with Crippen LogP contribution in [0.3, 0.4) is 0 Å². The molecule has 98 valence electrons. The lowest BCUT2D eigenvalue weighted by molar-refractivity contribution is 0.229. The first-order valence-corrected chi connectivity index (χ1v) is 6.86. The van der Waals surface area contributed by atoms with Gasteiger partial charge < -0.3 is 10.4 Å². The summed E-state index contributed by atoms with van der Waals surface area (Å²) < 4.78 is 0. The van der Waals surface area contributed by atoms with Crippen LogP contribution in [0.5, 0.6) is 0 Å². The van der Waals surface area contributed by atoms with Crippen LogP contribution in [0, 0.1) is 0 Å². The molecule has 0 amide bonds. The van der Waals surface area contributed by atoms with Crippen molar-refractivity contribution in [1.29, 1.82) is 0 Å². The van der Waals surface area contributed by atoms with E-state index in [9.17, 15) is 5.11 Å². The molecule has 2 aromatic rings. The Labute approximate surface area is 118 Å². The molecule has 0 aliphatic carbocycles. The zero-order chi connectivity index (χ0) is 13.2. The monoisotopic (exact) mass is 273 g/mol. The van der Waals surface area contributed by atoms with Crippen LogP contribution in [-0.4, -0.2) is 17.8 Å². The fraction of sp³-hybridized carbons (Fsp3) is 0.250. The van der Waals surface area contributed by atoms with Gasteiger partial charge in [-0.25, -0.2) is 0 Å². The Balaban J connectivity index is 2.10. The molecule has 2 nitrogen and oxygen atoms in total. The predicted molar refractivity (Wildman–Crippen MR) is 77.5 cm³/mol. The third-order valence-corrected chi connectivity index (χ3v) is 3.98. The normalized spacial score (nSPS) is 22.0. The number of nitrogens with one attached hydrogen (secondary N) is 1. The van der Waals surface area contributed by atoms with E-state index in [2.05, 4.69) is 23.5 Å². The van der Waals surface area contributed by atoms with Crippen LogP contribution in [0.15, 0.2) is 48.5 Å². The summed E-state index contributed by atoms with van der Waals surface area (Å²) in [6.07, 6.45) is 0.815. The van der Waals surface area contributed by atoms with Gasteiger partial charge in [0.15, 0.2) is 0 Å². The van der Waals surface area contributed by atoms with E-state index in [0.29, 0.717) is 0 Å². The average molecular weight is 274 g/mol. The maximum atomic E-state index is 9.46. The second kappa shape index (κ2) is 5.33. The van der Waals surface area contributed by atoms with E-state index >= 15 is 0 Å². The van der Waals surface area contributed by atoms with Crippen molar-refractivity contribution in [2.45, 2.75) is 18.5 Å². The zero-order valence-corrected chi connectivity index (χ0v) is 11.3. The molecule has 0 saturated heterocycles. The van der Waals surface area contributed by atoms with Crippen LogP contribution in [0.25, 0.3) is 0 Å². The van der Waals surface area contributed by atoms with Gasteiger partial charge >= 0.3 is 0 Å².